The number of carboxylic acid groups (broad SMARTS) is 1. The summed E-state index contributed by atoms with van der Waals surface area (Å²) in [5, 5.41) is 16.3. The number of halogens is 2. The van der Waals surface area contributed by atoms with Crippen molar-refractivity contribution in [3.05, 3.63) is 46.0 Å². The van der Waals surface area contributed by atoms with Crippen LogP contribution in [0.3, 0.4) is 0 Å². The Labute approximate surface area is 118 Å². The molecular weight excluding hydrogens is 289 g/mol. The molecule has 1 heterocycles. The lowest BCUT2D eigenvalue weighted by Crippen LogP contribution is -2.10. The maximum Gasteiger partial charge on any atom is 0.358 e. The number of carboxylic acids is 1. The van der Waals surface area contributed by atoms with Gasteiger partial charge in [-0.05, 0) is 11.6 Å². The predicted molar refractivity (Wildman–Crippen MR) is 68.2 cm³/mol. The van der Waals surface area contributed by atoms with Crippen molar-refractivity contribution in [3.8, 4) is 0 Å². The monoisotopic (exact) mass is 299 g/mol. The molecule has 20 heavy (non-hydrogen) atoms. The smallest absolute Gasteiger partial charge is 0.358 e. The highest BCUT2D eigenvalue weighted by molar-refractivity contribution is 6.31. The molecule has 0 aliphatic carbocycles. The van der Waals surface area contributed by atoms with Crippen LogP contribution in [0.4, 0.5) is 4.39 Å². The van der Waals surface area contributed by atoms with Crippen molar-refractivity contribution in [2.75, 3.05) is 7.11 Å². The molecule has 1 aromatic carbocycles. The van der Waals surface area contributed by atoms with Crippen LogP contribution in [0, 0.1) is 5.82 Å². The molecule has 2 aromatic rings. The van der Waals surface area contributed by atoms with Crippen molar-refractivity contribution in [1.82, 2.24) is 15.0 Å². The first kappa shape index (κ1) is 14.4. The summed E-state index contributed by atoms with van der Waals surface area (Å²) in [7, 11) is 1.43. The number of carbonyl (C=O) groups is 1. The minimum absolute atomic E-state index is 0.0248. The normalized spacial score (nSPS) is 10.8. The van der Waals surface area contributed by atoms with Gasteiger partial charge in [-0.15, -0.1) is 5.10 Å². The minimum atomic E-state index is -1.20. The Balaban J connectivity index is 2.38. The van der Waals surface area contributed by atoms with Gasteiger partial charge in [-0.3, -0.25) is 0 Å². The van der Waals surface area contributed by atoms with E-state index in [0.29, 0.717) is 11.3 Å². The van der Waals surface area contributed by atoms with Crippen LogP contribution >= 0.6 is 11.6 Å². The second kappa shape index (κ2) is 5.98. The molecule has 106 valence electrons. The van der Waals surface area contributed by atoms with Gasteiger partial charge in [0.25, 0.3) is 0 Å². The van der Waals surface area contributed by atoms with Crippen molar-refractivity contribution < 1.29 is 19.0 Å². The third kappa shape index (κ3) is 2.78. The zero-order chi connectivity index (χ0) is 14.7. The van der Waals surface area contributed by atoms with Gasteiger partial charge in [0.1, 0.15) is 5.82 Å². The van der Waals surface area contributed by atoms with E-state index in [1.54, 1.807) is 6.07 Å². The van der Waals surface area contributed by atoms with Crippen molar-refractivity contribution in [3.63, 3.8) is 0 Å². The van der Waals surface area contributed by atoms with E-state index in [1.807, 2.05) is 0 Å². The van der Waals surface area contributed by atoms with E-state index < -0.39 is 11.8 Å². The molecule has 0 amide bonds. The molecule has 0 radical (unpaired) electrons. The first-order chi connectivity index (χ1) is 9.54. The topological polar surface area (TPSA) is 77.2 Å². The highest BCUT2D eigenvalue weighted by Gasteiger charge is 2.19. The molecule has 0 aliphatic heterocycles. The SMILES string of the molecule is COCc1c(C(=O)O)nnn1Cc1cccc(F)c1Cl. The molecule has 0 unspecified atom stereocenters. The van der Waals surface area contributed by atoms with Gasteiger partial charge in [0.05, 0.1) is 23.9 Å². The van der Waals surface area contributed by atoms with E-state index in [4.69, 9.17) is 21.4 Å². The van der Waals surface area contributed by atoms with Gasteiger partial charge in [0.2, 0.25) is 0 Å². The largest absolute Gasteiger partial charge is 0.476 e. The summed E-state index contributed by atoms with van der Waals surface area (Å²) < 4.78 is 19.6. The van der Waals surface area contributed by atoms with Crippen LogP contribution in [0.5, 0.6) is 0 Å². The lowest BCUT2D eigenvalue weighted by molar-refractivity contribution is 0.0684. The Morgan fingerprint density at radius 3 is 2.95 bits per heavy atom. The van der Waals surface area contributed by atoms with Gasteiger partial charge in [0.15, 0.2) is 5.69 Å². The van der Waals surface area contributed by atoms with Crippen molar-refractivity contribution in [2.45, 2.75) is 13.2 Å². The molecule has 1 N–H and O–H groups in total. The summed E-state index contributed by atoms with van der Waals surface area (Å²) in [6, 6.07) is 4.39. The zero-order valence-electron chi connectivity index (χ0n) is 10.5. The van der Waals surface area contributed by atoms with Crippen LogP contribution in [-0.2, 0) is 17.9 Å². The van der Waals surface area contributed by atoms with Crippen molar-refractivity contribution in [2.24, 2.45) is 0 Å². The van der Waals surface area contributed by atoms with E-state index in [9.17, 15) is 9.18 Å². The standard InChI is InChI=1S/C12H11ClFN3O3/c1-20-6-9-11(12(18)19)15-16-17(9)5-7-3-2-4-8(14)10(7)13/h2-4H,5-6H2,1H3,(H,18,19). The van der Waals surface area contributed by atoms with Gasteiger partial charge in [0, 0.05) is 7.11 Å². The second-order valence-corrected chi connectivity index (χ2v) is 4.37. The molecule has 0 bridgehead atoms. The molecule has 0 atom stereocenters. The van der Waals surface area contributed by atoms with Gasteiger partial charge in [-0.2, -0.15) is 0 Å². The number of rotatable bonds is 5. The number of hydrogen-bond acceptors (Lipinski definition) is 4. The van der Waals surface area contributed by atoms with Crippen LogP contribution in [-0.4, -0.2) is 33.2 Å². The van der Waals surface area contributed by atoms with E-state index in [2.05, 4.69) is 10.3 Å². The van der Waals surface area contributed by atoms with Crippen LogP contribution in [0.25, 0.3) is 0 Å². The number of hydrogen-bond donors (Lipinski definition) is 1. The van der Waals surface area contributed by atoms with Gasteiger partial charge in [-0.25, -0.2) is 13.9 Å². The van der Waals surface area contributed by atoms with Gasteiger partial charge >= 0.3 is 5.97 Å². The summed E-state index contributed by atoms with van der Waals surface area (Å²) >= 11 is 5.86. The fraction of sp³-hybridized carbons (Fsp3) is 0.250. The zero-order valence-corrected chi connectivity index (χ0v) is 11.3. The Morgan fingerprint density at radius 1 is 1.55 bits per heavy atom. The maximum absolute atomic E-state index is 13.4. The minimum Gasteiger partial charge on any atom is -0.476 e. The second-order valence-electron chi connectivity index (χ2n) is 3.99. The Bertz CT molecular complexity index is 645. The third-order valence-corrected chi connectivity index (χ3v) is 3.10. The third-order valence-electron chi connectivity index (χ3n) is 2.67. The molecule has 2 rings (SSSR count). The average Bonchev–Trinajstić information content (AvgIpc) is 2.79. The molecule has 6 nitrogen and oxygen atoms in total. The van der Waals surface area contributed by atoms with Crippen molar-refractivity contribution >= 4 is 17.6 Å². The summed E-state index contributed by atoms with van der Waals surface area (Å²) in [4.78, 5) is 11.0. The first-order valence-corrected chi connectivity index (χ1v) is 6.00. The lowest BCUT2D eigenvalue weighted by atomic mass is 10.2. The fourth-order valence-electron chi connectivity index (χ4n) is 1.74. The molecule has 8 heteroatoms. The maximum atomic E-state index is 13.4. The molecular formula is C12H11ClFN3O3. The first-order valence-electron chi connectivity index (χ1n) is 5.62. The van der Waals surface area contributed by atoms with Gasteiger partial charge < -0.3 is 9.84 Å². The quantitative estimate of drug-likeness (QED) is 0.913. The lowest BCUT2D eigenvalue weighted by Gasteiger charge is -2.08. The highest BCUT2D eigenvalue weighted by atomic mass is 35.5. The van der Waals surface area contributed by atoms with E-state index in [1.165, 1.54) is 23.9 Å². The van der Waals surface area contributed by atoms with Crippen molar-refractivity contribution in [1.29, 1.82) is 0 Å². The van der Waals surface area contributed by atoms with E-state index >= 15 is 0 Å². The van der Waals surface area contributed by atoms with Crippen LogP contribution in [0.1, 0.15) is 21.7 Å². The summed E-state index contributed by atoms with van der Waals surface area (Å²) in [6.07, 6.45) is 0. The molecule has 0 spiro atoms. The van der Waals surface area contributed by atoms with E-state index in [-0.39, 0.29) is 23.9 Å². The van der Waals surface area contributed by atoms with Crippen LogP contribution in [0.2, 0.25) is 5.02 Å². The number of aromatic nitrogens is 3. The Kier molecular flexibility index (Phi) is 4.31. The Hall–Kier alpha value is -1.99. The predicted octanol–water partition coefficient (Wildman–Crippen LogP) is 1.96. The number of methoxy groups -OCH3 is 1. The summed E-state index contributed by atoms with van der Waals surface area (Å²) in [5.74, 6) is -1.75. The van der Waals surface area contributed by atoms with E-state index in [0.717, 1.165) is 0 Å². The number of nitrogens with zero attached hydrogens (tertiary/aromatic N) is 3. The average molecular weight is 300 g/mol. The highest BCUT2D eigenvalue weighted by Crippen LogP contribution is 2.21. The Morgan fingerprint density at radius 2 is 2.30 bits per heavy atom. The molecule has 0 aliphatic rings. The molecule has 0 saturated heterocycles. The summed E-state index contributed by atoms with van der Waals surface area (Å²) in [5.41, 5.74) is 0.575. The molecule has 1 aromatic heterocycles. The molecule has 0 saturated carbocycles. The molecule has 0 fully saturated rings. The van der Waals surface area contributed by atoms with Gasteiger partial charge in [-0.1, -0.05) is 28.9 Å². The van der Waals surface area contributed by atoms with Crippen LogP contribution in [0.15, 0.2) is 18.2 Å². The fourth-order valence-corrected chi connectivity index (χ4v) is 1.92. The number of benzene rings is 1. The summed E-state index contributed by atoms with van der Waals surface area (Å²) in [6.45, 7) is 0.136. The number of ether oxygens (including phenoxy) is 1. The van der Waals surface area contributed by atoms with Crippen LogP contribution < -0.4 is 0 Å². The number of aromatic carboxylic acids is 1.